The van der Waals surface area contributed by atoms with E-state index in [1.165, 1.54) is 128 Å². The Morgan fingerprint density at radius 2 is 0.574 bits per heavy atom. The third-order valence-electron chi connectivity index (χ3n) is 21.3. The van der Waals surface area contributed by atoms with Gasteiger partial charge in [0.25, 0.3) is 0 Å². The van der Waals surface area contributed by atoms with Gasteiger partial charge in [-0.3, -0.25) is 0 Å². The average Bonchev–Trinajstić information content (AvgIpc) is 1.60. The first-order valence-corrected chi connectivity index (χ1v) is 40.3. The summed E-state index contributed by atoms with van der Waals surface area (Å²) in [5.74, 6) is 0.852. The molecule has 2 aromatic heterocycles. The SMILES string of the molecule is C1=CC2Sc3cc(N(c4ccc(-c5ccc6ccccc6c5)cc4)c4cccc5c4sc4cccc(N(c6ccccc6)c6ccccc6)c45)ccc3C2C=C1.C1=CC2Sc3cc(N(c4ccc(-c5ccccc5)cc4)c4cccc5c4sc4cccc(N(c6ccccc6)c6ccccc6)c45)ccc3C2C=C1. The summed E-state index contributed by atoms with van der Waals surface area (Å²) < 4.78 is 5.07. The van der Waals surface area contributed by atoms with Crippen molar-refractivity contribution in [3.05, 3.63) is 412 Å². The molecule has 108 heavy (non-hydrogen) atoms. The second kappa shape index (κ2) is 28.3. The summed E-state index contributed by atoms with van der Waals surface area (Å²) in [6.45, 7) is 0. The molecule has 4 aliphatic rings. The standard InChI is InChI=1S/C52H36N2S2.C48H34N2S2/c1-3-15-39(16-4-1)53(40-17-5-2-6-18-40)46-21-12-24-49-51(46)45-20-11-22-47(52(45)56-49)54(42-31-32-44-43-19-9-10-23-48(43)55-50(44)34-42)41-29-27-36(28-30-41)38-26-25-35-13-7-8-14-37(35)33-38;1-4-14-33(15-5-1)34-26-28-37(29-27-34)50(38-30-31-40-39-20-10-11-24-44(39)51-46(40)32-38)43-23-12-21-41-47-42(22-13-25-45(47)52-48(41)43)49(35-16-6-2-7-17-35)36-18-8-3-9-19-36/h1-34,43,48H;1-32,39,44H. The lowest BCUT2D eigenvalue weighted by atomic mass is 9.92. The van der Waals surface area contributed by atoms with Gasteiger partial charge in [0.1, 0.15) is 0 Å². The van der Waals surface area contributed by atoms with Crippen molar-refractivity contribution in [2.75, 3.05) is 19.6 Å². The summed E-state index contributed by atoms with van der Waals surface area (Å²) in [6.07, 6.45) is 18.2. The van der Waals surface area contributed by atoms with Crippen molar-refractivity contribution in [2.45, 2.75) is 32.1 Å². The molecule has 0 saturated carbocycles. The van der Waals surface area contributed by atoms with Crippen LogP contribution in [0.3, 0.4) is 0 Å². The Morgan fingerprint density at radius 1 is 0.231 bits per heavy atom. The van der Waals surface area contributed by atoms with Crippen molar-refractivity contribution in [3.8, 4) is 22.3 Å². The summed E-state index contributed by atoms with van der Waals surface area (Å²) in [5, 5.41) is 8.46. The molecule has 4 nitrogen and oxygen atoms in total. The Labute approximate surface area is 646 Å². The van der Waals surface area contributed by atoms with Crippen molar-refractivity contribution >= 4 is 166 Å². The first-order chi connectivity index (χ1) is 53.6. The van der Waals surface area contributed by atoms with Gasteiger partial charge < -0.3 is 19.6 Å². The summed E-state index contributed by atoms with van der Waals surface area (Å²) in [6, 6.07) is 128. The van der Waals surface area contributed by atoms with E-state index in [-0.39, 0.29) is 0 Å². The molecule has 0 amide bonds. The molecule has 4 heterocycles. The zero-order valence-electron chi connectivity index (χ0n) is 58.8. The van der Waals surface area contributed by atoms with Gasteiger partial charge in [-0.2, -0.15) is 0 Å². The van der Waals surface area contributed by atoms with Crippen LogP contribution < -0.4 is 19.6 Å². The minimum absolute atomic E-state index is 0.422. The minimum atomic E-state index is 0.422. The number of allylic oxidation sites excluding steroid dienone is 6. The fraction of sp³-hybridized carbons (Fsp3) is 0.0400. The number of anilines is 12. The third-order valence-corrected chi connectivity index (χ3v) is 26.4. The highest BCUT2D eigenvalue weighted by Gasteiger charge is 2.34. The monoisotopic (exact) mass is 1450 g/mol. The lowest BCUT2D eigenvalue weighted by Crippen LogP contribution is -2.11. The highest BCUT2D eigenvalue weighted by molar-refractivity contribution is 8.00. The van der Waals surface area contributed by atoms with E-state index >= 15 is 0 Å². The van der Waals surface area contributed by atoms with E-state index in [9.17, 15) is 0 Å². The molecule has 21 rings (SSSR count). The largest absolute Gasteiger partial charge is 0.310 e. The van der Waals surface area contributed by atoms with Crippen molar-refractivity contribution in [1.29, 1.82) is 0 Å². The number of thiophene rings is 2. The lowest BCUT2D eigenvalue weighted by Gasteiger charge is -2.27. The Hall–Kier alpha value is -12.1. The number of fused-ring (bicyclic) bond motifs is 13. The normalized spacial score (nSPS) is 15.7. The molecule has 4 atom stereocenters. The number of thioether (sulfide) groups is 2. The fourth-order valence-electron chi connectivity index (χ4n) is 16.3. The van der Waals surface area contributed by atoms with Crippen LogP contribution in [0.4, 0.5) is 68.2 Å². The zero-order chi connectivity index (χ0) is 71.4. The van der Waals surface area contributed by atoms with Crippen molar-refractivity contribution in [3.63, 3.8) is 0 Å². The molecular weight excluding hydrogens is 1390 g/mol. The van der Waals surface area contributed by atoms with Gasteiger partial charge in [0.2, 0.25) is 0 Å². The van der Waals surface area contributed by atoms with Crippen LogP contribution in [0.2, 0.25) is 0 Å². The van der Waals surface area contributed by atoms with Gasteiger partial charge in [0.05, 0.1) is 32.1 Å². The molecule has 0 bridgehead atoms. The third kappa shape index (κ3) is 12.0. The van der Waals surface area contributed by atoms with Gasteiger partial charge in [-0.25, -0.2) is 0 Å². The van der Waals surface area contributed by atoms with Gasteiger partial charge in [-0.05, 0) is 184 Å². The minimum Gasteiger partial charge on any atom is -0.310 e. The van der Waals surface area contributed by atoms with Crippen LogP contribution in [0.5, 0.6) is 0 Å². The molecule has 0 radical (unpaired) electrons. The van der Waals surface area contributed by atoms with Gasteiger partial charge in [0, 0.05) is 109 Å². The van der Waals surface area contributed by atoms with Crippen molar-refractivity contribution < 1.29 is 0 Å². The van der Waals surface area contributed by atoms with E-state index in [1.807, 2.05) is 46.2 Å². The van der Waals surface area contributed by atoms with E-state index in [0.29, 0.717) is 22.3 Å². The van der Waals surface area contributed by atoms with E-state index < -0.39 is 0 Å². The predicted molar refractivity (Wildman–Crippen MR) is 467 cm³/mol. The van der Waals surface area contributed by atoms with Crippen LogP contribution in [0.15, 0.2) is 410 Å². The molecule has 4 unspecified atom stereocenters. The maximum atomic E-state index is 2.47. The Kier molecular flexibility index (Phi) is 17.1. The summed E-state index contributed by atoms with van der Waals surface area (Å²) in [5.41, 5.74) is 21.6. The van der Waals surface area contributed by atoms with E-state index in [2.05, 4.69) is 420 Å². The zero-order valence-corrected chi connectivity index (χ0v) is 62.1. The lowest BCUT2D eigenvalue weighted by molar-refractivity contribution is 0.881. The molecule has 0 saturated heterocycles. The summed E-state index contributed by atoms with van der Waals surface area (Å²) in [7, 11) is 0. The molecular formula is C100H70N4S4. The first kappa shape index (κ1) is 65.4. The highest BCUT2D eigenvalue weighted by atomic mass is 32.2. The van der Waals surface area contributed by atoms with Crippen LogP contribution in [0, 0.1) is 0 Å². The number of hydrogen-bond donors (Lipinski definition) is 0. The second-order valence-electron chi connectivity index (χ2n) is 27.7. The maximum absolute atomic E-state index is 2.47. The van der Waals surface area contributed by atoms with Crippen LogP contribution in [0.1, 0.15) is 23.0 Å². The molecule has 15 aromatic carbocycles. The molecule has 0 spiro atoms. The highest BCUT2D eigenvalue weighted by Crippen LogP contribution is 2.56. The van der Waals surface area contributed by atoms with Crippen molar-refractivity contribution in [1.82, 2.24) is 0 Å². The van der Waals surface area contributed by atoms with Crippen LogP contribution >= 0.6 is 46.2 Å². The molecule has 8 heteroatoms. The quantitative estimate of drug-likeness (QED) is 0.107. The molecule has 2 aliphatic carbocycles. The molecule has 2 aliphatic heterocycles. The smallest absolute Gasteiger partial charge is 0.0640 e. The van der Waals surface area contributed by atoms with Gasteiger partial charge in [0.15, 0.2) is 0 Å². The molecule has 17 aromatic rings. The first-order valence-electron chi connectivity index (χ1n) is 36.9. The van der Waals surface area contributed by atoms with Gasteiger partial charge in [-0.1, -0.05) is 261 Å². The van der Waals surface area contributed by atoms with Gasteiger partial charge in [-0.15, -0.1) is 46.2 Å². The van der Waals surface area contributed by atoms with Gasteiger partial charge >= 0.3 is 0 Å². The summed E-state index contributed by atoms with van der Waals surface area (Å²) >= 11 is 7.72. The topological polar surface area (TPSA) is 13.0 Å². The predicted octanol–water partition coefficient (Wildman–Crippen LogP) is 29.8. The number of para-hydroxylation sites is 4. The molecule has 0 fully saturated rings. The number of nitrogens with zero attached hydrogens (tertiary/aromatic N) is 4. The average molecular weight is 1460 g/mol. The van der Waals surface area contributed by atoms with Crippen LogP contribution in [-0.2, 0) is 0 Å². The Morgan fingerprint density at radius 3 is 1.03 bits per heavy atom. The van der Waals surface area contributed by atoms with E-state index in [0.717, 1.165) is 34.1 Å². The Balaban J connectivity index is 0.000000143. The van der Waals surface area contributed by atoms with E-state index in [4.69, 9.17) is 0 Å². The number of rotatable bonds is 14. The Bertz CT molecular complexity index is 6270. The van der Waals surface area contributed by atoms with Crippen LogP contribution in [-0.4, -0.2) is 10.5 Å². The van der Waals surface area contributed by atoms with Crippen molar-refractivity contribution in [2.24, 2.45) is 0 Å². The molecule has 514 valence electrons. The van der Waals surface area contributed by atoms with Crippen LogP contribution in [0.25, 0.3) is 73.4 Å². The van der Waals surface area contributed by atoms with E-state index in [1.54, 1.807) is 0 Å². The fourth-order valence-corrected chi connectivity index (χ4v) is 21.5. The number of hydrogen-bond acceptors (Lipinski definition) is 8. The maximum Gasteiger partial charge on any atom is 0.0640 e. The molecule has 0 N–H and O–H groups in total. The number of benzene rings is 15. The second-order valence-corrected chi connectivity index (χ2v) is 32.3. The summed E-state index contributed by atoms with van der Waals surface area (Å²) in [4.78, 5) is 12.4.